The highest BCUT2D eigenvalue weighted by Gasteiger charge is 2.41. The van der Waals surface area contributed by atoms with E-state index in [1.165, 1.54) is 7.11 Å². The topological polar surface area (TPSA) is 55.6 Å². The third kappa shape index (κ3) is 2.30. The normalized spacial score (nSPS) is 19.8. The summed E-state index contributed by atoms with van der Waals surface area (Å²) in [6.45, 7) is 0. The van der Waals surface area contributed by atoms with Crippen molar-refractivity contribution < 1.29 is 9.53 Å². The van der Waals surface area contributed by atoms with Crippen molar-refractivity contribution in [3.8, 4) is 0 Å². The molecular formula is C18H20N2O2. The molecule has 114 valence electrons. The van der Waals surface area contributed by atoms with E-state index in [0.29, 0.717) is 6.42 Å². The number of esters is 1. The van der Waals surface area contributed by atoms with Gasteiger partial charge in [-0.2, -0.15) is 0 Å². The number of fused-ring (bicyclic) bond motifs is 1. The number of nitrogens with two attached hydrogens (primary N) is 1. The van der Waals surface area contributed by atoms with Crippen LogP contribution in [-0.2, 0) is 16.0 Å². The molecule has 1 aliphatic rings. The molecule has 22 heavy (non-hydrogen) atoms. The smallest absolute Gasteiger partial charge is 0.315 e. The molecule has 2 atom stereocenters. The van der Waals surface area contributed by atoms with Gasteiger partial charge in [-0.05, 0) is 29.7 Å². The van der Waals surface area contributed by atoms with Gasteiger partial charge in [-0.15, -0.1) is 0 Å². The summed E-state index contributed by atoms with van der Waals surface area (Å²) < 4.78 is 5.04. The lowest BCUT2D eigenvalue weighted by Gasteiger charge is -2.26. The van der Waals surface area contributed by atoms with Gasteiger partial charge < -0.3 is 15.4 Å². The Balaban J connectivity index is 1.99. The number of anilines is 2. The number of carbonyl (C=O) groups is 1. The van der Waals surface area contributed by atoms with Crippen LogP contribution in [0.5, 0.6) is 0 Å². The van der Waals surface area contributed by atoms with Crippen LogP contribution < -0.4 is 10.6 Å². The summed E-state index contributed by atoms with van der Waals surface area (Å²) >= 11 is 0. The first-order valence-corrected chi connectivity index (χ1v) is 7.36. The molecule has 2 N–H and O–H groups in total. The van der Waals surface area contributed by atoms with Crippen LogP contribution in [0.4, 0.5) is 11.4 Å². The zero-order valence-corrected chi connectivity index (χ0v) is 12.8. The Kier molecular flexibility index (Phi) is 3.75. The molecule has 0 bridgehead atoms. The van der Waals surface area contributed by atoms with Crippen LogP contribution in [0.3, 0.4) is 0 Å². The maximum Gasteiger partial charge on any atom is 0.315 e. The predicted molar refractivity (Wildman–Crippen MR) is 87.9 cm³/mol. The quantitative estimate of drug-likeness (QED) is 0.698. The average molecular weight is 296 g/mol. The minimum Gasteiger partial charge on any atom is -0.468 e. The van der Waals surface area contributed by atoms with Crippen molar-refractivity contribution in [2.24, 2.45) is 0 Å². The molecule has 1 aliphatic heterocycles. The van der Waals surface area contributed by atoms with Gasteiger partial charge in [-0.25, -0.2) is 0 Å². The fourth-order valence-electron chi connectivity index (χ4n) is 3.29. The van der Waals surface area contributed by atoms with Crippen LogP contribution in [-0.4, -0.2) is 26.2 Å². The van der Waals surface area contributed by atoms with Gasteiger partial charge in [0.25, 0.3) is 0 Å². The van der Waals surface area contributed by atoms with Gasteiger partial charge in [0.15, 0.2) is 0 Å². The van der Waals surface area contributed by atoms with Crippen molar-refractivity contribution in [3.05, 3.63) is 59.7 Å². The van der Waals surface area contributed by atoms with Gasteiger partial charge >= 0.3 is 5.97 Å². The SMILES string of the molecule is COC(=O)[C@H]1c2ccccc2N(C)[C@@H]1Cc1ccccc1N. The third-order valence-corrected chi connectivity index (χ3v) is 4.47. The maximum absolute atomic E-state index is 12.3. The van der Waals surface area contributed by atoms with Gasteiger partial charge in [-0.1, -0.05) is 36.4 Å². The number of ether oxygens (including phenoxy) is 1. The highest BCUT2D eigenvalue weighted by Crippen LogP contribution is 2.42. The summed E-state index contributed by atoms with van der Waals surface area (Å²) in [5, 5.41) is 0. The lowest BCUT2D eigenvalue weighted by atomic mass is 9.90. The summed E-state index contributed by atoms with van der Waals surface area (Å²) in [5.41, 5.74) is 9.99. The molecule has 0 aliphatic carbocycles. The number of likely N-dealkylation sites (N-methyl/N-ethyl adjacent to an activating group) is 1. The first kappa shape index (κ1) is 14.4. The van der Waals surface area contributed by atoms with Crippen molar-refractivity contribution in [3.63, 3.8) is 0 Å². The van der Waals surface area contributed by atoms with E-state index in [1.54, 1.807) is 0 Å². The summed E-state index contributed by atoms with van der Waals surface area (Å²) in [4.78, 5) is 14.5. The Bertz CT molecular complexity index is 699. The Morgan fingerprint density at radius 2 is 1.86 bits per heavy atom. The molecule has 3 rings (SSSR count). The molecule has 0 saturated heterocycles. The van der Waals surface area contributed by atoms with E-state index >= 15 is 0 Å². The zero-order chi connectivity index (χ0) is 15.7. The molecule has 0 unspecified atom stereocenters. The Morgan fingerprint density at radius 1 is 1.18 bits per heavy atom. The van der Waals surface area contributed by atoms with Crippen LogP contribution in [0, 0.1) is 0 Å². The van der Waals surface area contributed by atoms with Crippen molar-refractivity contribution in [2.45, 2.75) is 18.4 Å². The van der Waals surface area contributed by atoms with E-state index in [4.69, 9.17) is 10.5 Å². The number of benzene rings is 2. The molecule has 4 heteroatoms. The second-order valence-electron chi connectivity index (χ2n) is 5.64. The maximum atomic E-state index is 12.3. The van der Waals surface area contributed by atoms with Crippen LogP contribution in [0.25, 0.3) is 0 Å². The number of rotatable bonds is 3. The highest BCUT2D eigenvalue weighted by atomic mass is 16.5. The number of methoxy groups -OCH3 is 1. The molecule has 4 nitrogen and oxygen atoms in total. The van der Waals surface area contributed by atoms with E-state index in [2.05, 4.69) is 4.90 Å². The van der Waals surface area contributed by atoms with Gasteiger partial charge in [0.1, 0.15) is 5.92 Å². The third-order valence-electron chi connectivity index (χ3n) is 4.47. The van der Waals surface area contributed by atoms with E-state index < -0.39 is 0 Å². The molecule has 1 heterocycles. The summed E-state index contributed by atoms with van der Waals surface area (Å²) in [7, 11) is 3.46. The highest BCUT2D eigenvalue weighted by molar-refractivity contribution is 5.85. The molecule has 0 saturated carbocycles. The number of nitrogen functional groups attached to an aromatic ring is 1. The first-order valence-electron chi connectivity index (χ1n) is 7.36. The largest absolute Gasteiger partial charge is 0.468 e. The average Bonchev–Trinajstić information content (AvgIpc) is 2.82. The van der Waals surface area contributed by atoms with Gasteiger partial charge in [0.2, 0.25) is 0 Å². The molecule has 0 fully saturated rings. The molecule has 2 aromatic carbocycles. The standard InChI is InChI=1S/C18H20N2O2/c1-20-15-10-6-4-8-13(15)17(18(21)22-2)16(20)11-12-7-3-5-9-14(12)19/h3-10,16-17H,11,19H2,1-2H3/t16-,17+/m1/s1. The number of para-hydroxylation sites is 2. The number of hydrogen-bond donors (Lipinski definition) is 1. The van der Waals surface area contributed by atoms with Crippen LogP contribution in [0.1, 0.15) is 17.0 Å². The Hall–Kier alpha value is -2.49. The van der Waals surface area contributed by atoms with Crippen molar-refractivity contribution in [2.75, 3.05) is 24.8 Å². The van der Waals surface area contributed by atoms with E-state index in [9.17, 15) is 4.79 Å². The monoisotopic (exact) mass is 296 g/mol. The molecule has 0 radical (unpaired) electrons. The fraction of sp³-hybridized carbons (Fsp3) is 0.278. The van der Waals surface area contributed by atoms with Gasteiger partial charge in [-0.3, -0.25) is 4.79 Å². The van der Waals surface area contributed by atoms with Crippen molar-refractivity contribution in [1.82, 2.24) is 0 Å². The molecule has 0 spiro atoms. The number of carbonyl (C=O) groups excluding carboxylic acids is 1. The second kappa shape index (κ2) is 5.72. The lowest BCUT2D eigenvalue weighted by molar-refractivity contribution is -0.142. The molecule has 0 amide bonds. The van der Waals surface area contributed by atoms with Gasteiger partial charge in [0, 0.05) is 18.4 Å². The lowest BCUT2D eigenvalue weighted by Crippen LogP contribution is -2.36. The summed E-state index contributed by atoms with van der Waals surface area (Å²) in [5.74, 6) is -0.484. The van der Waals surface area contributed by atoms with E-state index in [1.807, 2.05) is 55.6 Å². The van der Waals surface area contributed by atoms with Crippen LogP contribution >= 0.6 is 0 Å². The van der Waals surface area contributed by atoms with Crippen molar-refractivity contribution in [1.29, 1.82) is 0 Å². The minimum atomic E-state index is -0.286. The predicted octanol–water partition coefficient (Wildman–Crippen LogP) is 2.59. The summed E-state index contributed by atoms with van der Waals surface area (Å²) in [6.07, 6.45) is 0.706. The Morgan fingerprint density at radius 3 is 2.59 bits per heavy atom. The second-order valence-corrected chi connectivity index (χ2v) is 5.64. The first-order chi connectivity index (χ1) is 10.6. The van der Waals surface area contributed by atoms with Gasteiger partial charge in [0.05, 0.1) is 13.2 Å². The summed E-state index contributed by atoms with van der Waals surface area (Å²) in [6, 6.07) is 15.8. The Labute approximate surface area is 130 Å². The molecule has 0 aromatic heterocycles. The number of hydrogen-bond acceptors (Lipinski definition) is 4. The van der Waals surface area contributed by atoms with E-state index in [0.717, 1.165) is 22.5 Å². The molecular weight excluding hydrogens is 276 g/mol. The fourth-order valence-corrected chi connectivity index (χ4v) is 3.29. The number of nitrogens with zero attached hydrogens (tertiary/aromatic N) is 1. The molecule has 2 aromatic rings. The van der Waals surface area contributed by atoms with Crippen molar-refractivity contribution >= 4 is 17.3 Å². The minimum absolute atomic E-state index is 0.00884. The van der Waals surface area contributed by atoms with E-state index in [-0.39, 0.29) is 17.9 Å². The van der Waals surface area contributed by atoms with Crippen LogP contribution in [0.15, 0.2) is 48.5 Å². The van der Waals surface area contributed by atoms with Crippen LogP contribution in [0.2, 0.25) is 0 Å². The zero-order valence-electron chi connectivity index (χ0n) is 12.8.